The zero-order valence-corrected chi connectivity index (χ0v) is 48.1. The Morgan fingerprint density at radius 2 is 0.795 bits per heavy atom. The maximum absolute atomic E-state index is 13.4. The monoisotopic (exact) mass is 1190 g/mol. The molecule has 17 nitrogen and oxygen atoms in total. The van der Waals surface area contributed by atoms with Gasteiger partial charge in [-0.25, -0.2) is 4.39 Å². The van der Waals surface area contributed by atoms with E-state index in [1.165, 1.54) is 52.2 Å². The summed E-state index contributed by atoms with van der Waals surface area (Å²) in [6, 6.07) is 59.6. The maximum Gasteiger partial charge on any atom is 0.418 e. The number of methoxy groups -OCH3 is 4. The van der Waals surface area contributed by atoms with Crippen molar-refractivity contribution in [2.24, 2.45) is 0 Å². The average molecular weight is 1190 g/mol. The number of hydrogen-bond donors (Lipinski definition) is 0. The molecule has 0 radical (unpaired) electrons. The fourth-order valence-corrected chi connectivity index (χ4v) is 9.65. The highest BCUT2D eigenvalue weighted by Gasteiger charge is 2.35. The van der Waals surface area contributed by atoms with Gasteiger partial charge in [0, 0.05) is 43.8 Å². The average Bonchev–Trinajstić information content (AvgIpc) is 1.87. The molecule has 0 bridgehead atoms. The number of fused-ring (bicyclic) bond motifs is 4. The zero-order valence-electron chi connectivity index (χ0n) is 48.1. The summed E-state index contributed by atoms with van der Waals surface area (Å²) in [5.41, 5.74) is 9.42. The minimum Gasteiger partial charge on any atom is -0.468 e. The number of carbonyl (C=O) groups is 4. The number of ether oxygens (including phenoxy) is 4. The summed E-state index contributed by atoms with van der Waals surface area (Å²) in [5, 5.41) is 29.9. The predicted octanol–water partition coefficient (Wildman–Crippen LogP) is 12.8. The highest BCUT2D eigenvalue weighted by molar-refractivity contribution is 5.98. The van der Waals surface area contributed by atoms with Gasteiger partial charge >= 0.3 is 30.1 Å². The van der Waals surface area contributed by atoms with E-state index in [0.29, 0.717) is 33.5 Å². The number of halogens is 4. The summed E-state index contributed by atoms with van der Waals surface area (Å²) in [5.74, 6) is -2.03. The van der Waals surface area contributed by atoms with Gasteiger partial charge in [-0.2, -0.15) is 38.8 Å². The first kappa shape index (κ1) is 61.3. The van der Waals surface area contributed by atoms with Crippen molar-refractivity contribution in [2.75, 3.05) is 28.4 Å². The van der Waals surface area contributed by atoms with Gasteiger partial charge in [-0.15, -0.1) is 0 Å². The number of benzene rings is 8. The third kappa shape index (κ3) is 14.1. The van der Waals surface area contributed by atoms with E-state index >= 15 is 0 Å². The first-order valence-corrected chi connectivity index (χ1v) is 27.1. The van der Waals surface area contributed by atoms with Crippen molar-refractivity contribution < 1.29 is 55.7 Å². The van der Waals surface area contributed by atoms with E-state index in [9.17, 15) is 36.7 Å². The van der Waals surface area contributed by atoms with Gasteiger partial charge in [-0.05, 0) is 61.5 Å². The highest BCUT2D eigenvalue weighted by Crippen LogP contribution is 2.39. The standard InChI is InChI=1S/C17H13F3N2O2.C17H13N3O2.C17H16N2O2.C16H13FN2O2/c1-24-14(23)10-22-16-12(8-5-9-13(16)17(18,19)20)15(21-22)11-6-3-2-4-7-11;1-22-16(21)11-20-15-5-3-2-4-14(15)17(19-20)13-8-6-12(10-18)7-9-13;1-12-6-5-7-13(10-12)17-14-8-3-4-9-15(14)19(18-17)11-16(20)21-2;1-21-15(20)10-19-14-8-3-2-7-13(14)16(18-19)11-5-4-6-12(17)9-11/h2-9H,10H2,1H3;2-9H,11H2,1H3;3-10H,11H2,1-2H3;2-9H,10H2,1H3. The molecule has 0 unspecified atom stereocenters. The van der Waals surface area contributed by atoms with E-state index in [1.54, 1.807) is 74.7 Å². The number of rotatable bonds is 12. The Labute approximate surface area is 501 Å². The SMILES string of the molecule is COC(=O)Cn1nc(-c2ccc(C#N)cc2)c2ccccc21.COC(=O)Cn1nc(-c2cccc(C)c2)c2ccccc21.COC(=O)Cn1nc(-c2cccc(F)c2)c2ccccc21.COC(=O)Cn1nc(-c2ccccc2)c2cccc(C(F)(F)F)c21. The normalized spacial score (nSPS) is 10.9. The van der Waals surface area contributed by atoms with Crippen LogP contribution >= 0.6 is 0 Å². The number of nitriles is 1. The molecule has 0 aliphatic heterocycles. The fraction of sp³-hybridized carbons (Fsp3) is 0.149. The molecule has 0 saturated carbocycles. The molecular formula is C67H55F4N9O8. The number of para-hydroxylation sites is 4. The number of aromatic nitrogens is 8. The molecule has 0 spiro atoms. The molecular weight excluding hydrogens is 1130 g/mol. The number of nitrogens with zero attached hydrogens (tertiary/aromatic N) is 9. The molecule has 0 saturated heterocycles. The minimum absolute atomic E-state index is 0.0202. The van der Waals surface area contributed by atoms with Gasteiger partial charge in [0.1, 0.15) is 54.8 Å². The van der Waals surface area contributed by atoms with Crippen LogP contribution in [0.15, 0.2) is 194 Å². The first-order valence-electron chi connectivity index (χ1n) is 27.1. The largest absolute Gasteiger partial charge is 0.468 e. The van der Waals surface area contributed by atoms with Crippen LogP contribution in [0.5, 0.6) is 0 Å². The molecule has 0 amide bonds. The lowest BCUT2D eigenvalue weighted by Gasteiger charge is -2.10. The second kappa shape index (κ2) is 27.6. The van der Waals surface area contributed by atoms with Crippen molar-refractivity contribution in [1.29, 1.82) is 5.26 Å². The van der Waals surface area contributed by atoms with Crippen LogP contribution in [0.3, 0.4) is 0 Å². The van der Waals surface area contributed by atoms with Crippen molar-refractivity contribution in [1.82, 2.24) is 39.1 Å². The number of carbonyl (C=O) groups excluding carboxylic acids is 4. The second-order valence-electron chi connectivity index (χ2n) is 19.5. The summed E-state index contributed by atoms with van der Waals surface area (Å²) >= 11 is 0. The van der Waals surface area contributed by atoms with Crippen LogP contribution in [-0.2, 0) is 70.5 Å². The van der Waals surface area contributed by atoms with Crippen molar-refractivity contribution >= 4 is 67.5 Å². The molecule has 8 aromatic carbocycles. The van der Waals surface area contributed by atoms with E-state index < -0.39 is 24.3 Å². The third-order valence-corrected chi connectivity index (χ3v) is 13.8. The fourth-order valence-electron chi connectivity index (χ4n) is 9.65. The highest BCUT2D eigenvalue weighted by atomic mass is 19.4. The molecule has 444 valence electrons. The second-order valence-corrected chi connectivity index (χ2v) is 19.5. The number of aryl methyl sites for hydroxylation is 1. The number of esters is 4. The van der Waals surface area contributed by atoms with Gasteiger partial charge in [0.05, 0.1) is 67.7 Å². The quantitative estimate of drug-likeness (QED) is 0.0636. The van der Waals surface area contributed by atoms with Gasteiger partial charge in [0.25, 0.3) is 0 Å². The van der Waals surface area contributed by atoms with Gasteiger partial charge in [0.2, 0.25) is 0 Å². The van der Waals surface area contributed by atoms with Crippen LogP contribution in [0, 0.1) is 24.1 Å². The molecule has 88 heavy (non-hydrogen) atoms. The Morgan fingerprint density at radius 1 is 0.432 bits per heavy atom. The molecule has 4 heterocycles. The van der Waals surface area contributed by atoms with Gasteiger partial charge in [-0.3, -0.25) is 37.9 Å². The summed E-state index contributed by atoms with van der Waals surface area (Å²) in [6.45, 7) is 1.85. The van der Waals surface area contributed by atoms with Crippen LogP contribution in [0.1, 0.15) is 16.7 Å². The Bertz CT molecular complexity index is 4390. The number of alkyl halides is 3. The lowest BCUT2D eigenvalue weighted by molar-refractivity contribution is -0.142. The van der Waals surface area contributed by atoms with Crippen LogP contribution in [0.25, 0.3) is 88.6 Å². The molecule has 0 aliphatic rings. The van der Waals surface area contributed by atoms with Crippen LogP contribution in [0.2, 0.25) is 0 Å². The van der Waals surface area contributed by atoms with Crippen molar-refractivity contribution in [3.8, 4) is 51.1 Å². The molecule has 4 aromatic heterocycles. The van der Waals surface area contributed by atoms with E-state index in [4.69, 9.17) is 14.7 Å². The van der Waals surface area contributed by atoms with Crippen LogP contribution in [0.4, 0.5) is 17.6 Å². The molecule has 0 atom stereocenters. The van der Waals surface area contributed by atoms with E-state index in [-0.39, 0.29) is 48.9 Å². The van der Waals surface area contributed by atoms with Crippen molar-refractivity contribution in [3.05, 3.63) is 217 Å². The van der Waals surface area contributed by atoms with Crippen molar-refractivity contribution in [3.63, 3.8) is 0 Å². The molecule has 0 fully saturated rings. The summed E-state index contributed by atoms with van der Waals surface area (Å²) in [7, 11) is 5.25. The lowest BCUT2D eigenvalue weighted by Crippen LogP contribution is -2.15. The number of hydrogen-bond acceptors (Lipinski definition) is 13. The summed E-state index contributed by atoms with van der Waals surface area (Å²) < 4.78 is 78.2. The van der Waals surface area contributed by atoms with E-state index in [1.807, 2.05) is 97.1 Å². The third-order valence-electron chi connectivity index (χ3n) is 13.8. The Balaban J connectivity index is 0.000000140. The smallest absolute Gasteiger partial charge is 0.418 e. The molecule has 21 heteroatoms. The first-order chi connectivity index (χ1) is 42.5. The Morgan fingerprint density at radius 3 is 1.24 bits per heavy atom. The lowest BCUT2D eigenvalue weighted by atomic mass is 10.0. The minimum atomic E-state index is -4.55. The van der Waals surface area contributed by atoms with Gasteiger partial charge < -0.3 is 18.9 Å². The van der Waals surface area contributed by atoms with Crippen LogP contribution < -0.4 is 0 Å². The summed E-state index contributed by atoms with van der Waals surface area (Å²) in [6.07, 6.45) is -4.55. The molecule has 0 aliphatic carbocycles. The summed E-state index contributed by atoms with van der Waals surface area (Å²) in [4.78, 5) is 46.1. The van der Waals surface area contributed by atoms with Crippen LogP contribution in [-0.4, -0.2) is 91.4 Å². The van der Waals surface area contributed by atoms with Gasteiger partial charge in [0.15, 0.2) is 0 Å². The van der Waals surface area contributed by atoms with Crippen molar-refractivity contribution in [2.45, 2.75) is 39.3 Å². The Hall–Kier alpha value is -11.3. The zero-order chi connectivity index (χ0) is 62.5. The molecule has 12 rings (SSSR count). The van der Waals surface area contributed by atoms with E-state index in [0.717, 1.165) is 66.0 Å². The predicted molar refractivity (Wildman–Crippen MR) is 323 cm³/mol. The molecule has 12 aromatic rings. The topological polar surface area (TPSA) is 200 Å². The molecule has 0 N–H and O–H groups in total. The maximum atomic E-state index is 13.4. The Kier molecular flexibility index (Phi) is 19.2. The van der Waals surface area contributed by atoms with E-state index in [2.05, 4.69) is 55.0 Å². The van der Waals surface area contributed by atoms with Gasteiger partial charge in [-0.1, -0.05) is 145 Å².